The number of piperidine rings is 1. The topological polar surface area (TPSA) is 36.4 Å². The number of hydrogen-bond acceptors (Lipinski definition) is 4. The molecule has 1 N–H and O–H groups in total. The summed E-state index contributed by atoms with van der Waals surface area (Å²) in [4.78, 5) is 7.80. The van der Waals surface area contributed by atoms with E-state index < -0.39 is 6.10 Å². The maximum absolute atomic E-state index is 13.9. The highest BCUT2D eigenvalue weighted by Gasteiger charge is 2.31. The van der Waals surface area contributed by atoms with Gasteiger partial charge in [0.15, 0.2) is 0 Å². The molecule has 1 aliphatic heterocycles. The molecule has 0 bridgehead atoms. The molecular formula is C17H21FN2OS. The highest BCUT2D eigenvalue weighted by molar-refractivity contribution is 7.09. The van der Waals surface area contributed by atoms with Gasteiger partial charge in [-0.3, -0.25) is 4.90 Å². The second kappa shape index (κ2) is 6.86. The van der Waals surface area contributed by atoms with Gasteiger partial charge in [-0.1, -0.05) is 18.2 Å². The summed E-state index contributed by atoms with van der Waals surface area (Å²) in [5.41, 5.74) is 3.59. The minimum Gasteiger partial charge on any atom is -0.391 e. The lowest BCUT2D eigenvalue weighted by Gasteiger charge is -2.39. The number of likely N-dealkylation sites (tertiary alicyclic amines) is 1. The van der Waals surface area contributed by atoms with E-state index in [2.05, 4.69) is 9.88 Å². The minimum absolute atomic E-state index is 0.0350. The summed E-state index contributed by atoms with van der Waals surface area (Å²) in [5.74, 6) is -0.186. The van der Waals surface area contributed by atoms with Crippen molar-refractivity contribution in [1.29, 1.82) is 0 Å². The van der Waals surface area contributed by atoms with Crippen molar-refractivity contribution >= 4 is 11.3 Å². The molecule has 0 amide bonds. The van der Waals surface area contributed by atoms with Crippen LogP contribution in [0.1, 0.15) is 29.0 Å². The number of aliphatic hydroxyl groups excluding tert-OH is 1. The summed E-state index contributed by atoms with van der Waals surface area (Å²) in [5, 5.41) is 10.4. The van der Waals surface area contributed by atoms with Crippen LogP contribution in [0.15, 0.2) is 29.8 Å². The Morgan fingerprint density at radius 2 is 2.23 bits per heavy atom. The lowest BCUT2D eigenvalue weighted by atomic mass is 9.92. The van der Waals surface area contributed by atoms with Crippen molar-refractivity contribution in [3.8, 4) is 0 Å². The molecule has 3 rings (SSSR count). The maximum atomic E-state index is 13.9. The normalized spacial score (nSPS) is 22.9. The summed E-state index contributed by atoms with van der Waals surface area (Å²) in [6, 6.07) is 6.82. The molecule has 0 radical (unpaired) electrons. The molecule has 0 saturated carbocycles. The first-order valence-electron chi connectivity index (χ1n) is 7.69. The SMILES string of the molecule is Cc1ncsc1CN1CCC[C@H](O)[C@@H]1Cc1ccccc1F. The first kappa shape index (κ1) is 15.6. The van der Waals surface area contributed by atoms with Crippen molar-refractivity contribution in [3.63, 3.8) is 0 Å². The summed E-state index contributed by atoms with van der Waals surface area (Å²) in [7, 11) is 0. The van der Waals surface area contributed by atoms with Gasteiger partial charge in [0.1, 0.15) is 5.82 Å². The van der Waals surface area contributed by atoms with Crippen LogP contribution in [0.5, 0.6) is 0 Å². The molecule has 0 aliphatic carbocycles. The van der Waals surface area contributed by atoms with Crippen molar-refractivity contribution in [2.45, 2.75) is 44.9 Å². The van der Waals surface area contributed by atoms with Gasteiger partial charge in [0.25, 0.3) is 0 Å². The van der Waals surface area contributed by atoms with Gasteiger partial charge in [0.2, 0.25) is 0 Å². The van der Waals surface area contributed by atoms with Crippen molar-refractivity contribution in [3.05, 3.63) is 51.7 Å². The van der Waals surface area contributed by atoms with Crippen LogP contribution in [0.3, 0.4) is 0 Å². The Hall–Kier alpha value is -1.30. The predicted molar refractivity (Wildman–Crippen MR) is 86.4 cm³/mol. The maximum Gasteiger partial charge on any atom is 0.126 e. The Bertz CT molecular complexity index is 631. The van der Waals surface area contributed by atoms with Crippen LogP contribution < -0.4 is 0 Å². The first-order chi connectivity index (χ1) is 10.6. The molecule has 2 aromatic rings. The fraction of sp³-hybridized carbons (Fsp3) is 0.471. The van der Waals surface area contributed by atoms with E-state index in [0.29, 0.717) is 12.0 Å². The second-order valence-corrected chi connectivity index (χ2v) is 6.84. The molecule has 5 heteroatoms. The lowest BCUT2D eigenvalue weighted by molar-refractivity contribution is 0.00678. The zero-order valence-corrected chi connectivity index (χ0v) is 13.5. The van der Waals surface area contributed by atoms with Gasteiger partial charge in [0.05, 0.1) is 17.3 Å². The van der Waals surface area contributed by atoms with Crippen molar-refractivity contribution < 1.29 is 9.50 Å². The van der Waals surface area contributed by atoms with Gasteiger partial charge >= 0.3 is 0 Å². The average Bonchev–Trinajstić information content (AvgIpc) is 2.90. The van der Waals surface area contributed by atoms with Gasteiger partial charge in [-0.2, -0.15) is 0 Å². The molecule has 2 atom stereocenters. The molecule has 118 valence electrons. The van der Waals surface area contributed by atoms with Gasteiger partial charge < -0.3 is 5.11 Å². The summed E-state index contributed by atoms with van der Waals surface area (Å²) < 4.78 is 13.9. The largest absolute Gasteiger partial charge is 0.391 e. The highest BCUT2D eigenvalue weighted by atomic mass is 32.1. The highest BCUT2D eigenvalue weighted by Crippen LogP contribution is 2.26. The van der Waals surface area contributed by atoms with Crippen LogP contribution in [-0.4, -0.2) is 33.7 Å². The Kier molecular flexibility index (Phi) is 4.86. The molecule has 1 aliphatic rings. The van der Waals surface area contributed by atoms with Gasteiger partial charge in [-0.15, -0.1) is 11.3 Å². The summed E-state index contributed by atoms with van der Waals surface area (Å²) in [6.45, 7) is 3.73. The Morgan fingerprint density at radius 1 is 1.41 bits per heavy atom. The van der Waals surface area contributed by atoms with E-state index in [1.54, 1.807) is 17.4 Å². The first-order valence-corrected chi connectivity index (χ1v) is 8.57. The Morgan fingerprint density at radius 3 is 2.95 bits per heavy atom. The number of rotatable bonds is 4. The average molecular weight is 320 g/mol. The third-order valence-electron chi connectivity index (χ3n) is 4.44. The lowest BCUT2D eigenvalue weighted by Crippen LogP contribution is -2.49. The van der Waals surface area contributed by atoms with Gasteiger partial charge in [-0.25, -0.2) is 9.37 Å². The Labute approximate surface area is 134 Å². The molecule has 0 spiro atoms. The van der Waals surface area contributed by atoms with E-state index in [1.807, 2.05) is 24.6 Å². The molecule has 1 aromatic heterocycles. The number of halogens is 1. The number of aryl methyl sites for hydroxylation is 1. The third-order valence-corrected chi connectivity index (χ3v) is 5.36. The molecule has 3 nitrogen and oxygen atoms in total. The fourth-order valence-corrected chi connectivity index (χ4v) is 3.92. The van der Waals surface area contributed by atoms with E-state index in [-0.39, 0.29) is 11.9 Å². The van der Waals surface area contributed by atoms with E-state index in [4.69, 9.17) is 0 Å². The molecule has 2 heterocycles. The standard InChI is InChI=1S/C17H21FN2OS/c1-12-17(22-11-19-12)10-20-8-4-7-16(21)15(20)9-13-5-2-3-6-14(13)18/h2-3,5-6,11,15-16,21H,4,7-10H2,1H3/t15-,16-/m0/s1. The molecular weight excluding hydrogens is 299 g/mol. The van der Waals surface area contributed by atoms with Crippen LogP contribution in [0, 0.1) is 12.7 Å². The number of hydrogen-bond donors (Lipinski definition) is 1. The van der Waals surface area contributed by atoms with E-state index in [9.17, 15) is 9.50 Å². The number of benzene rings is 1. The van der Waals surface area contributed by atoms with Gasteiger partial charge in [-0.05, 0) is 44.4 Å². The molecule has 22 heavy (non-hydrogen) atoms. The number of aromatic nitrogens is 1. The zero-order valence-electron chi connectivity index (χ0n) is 12.7. The van der Waals surface area contributed by atoms with E-state index >= 15 is 0 Å². The predicted octanol–water partition coefficient (Wildman–Crippen LogP) is 3.16. The van der Waals surface area contributed by atoms with E-state index in [0.717, 1.165) is 31.6 Å². The number of aliphatic hydroxyl groups is 1. The fourth-order valence-electron chi connectivity index (χ4n) is 3.12. The molecule has 1 saturated heterocycles. The Balaban J connectivity index is 1.78. The zero-order chi connectivity index (χ0) is 15.5. The smallest absolute Gasteiger partial charge is 0.126 e. The van der Waals surface area contributed by atoms with Crippen LogP contribution >= 0.6 is 11.3 Å². The number of thiazole rings is 1. The summed E-state index contributed by atoms with van der Waals surface area (Å²) >= 11 is 1.65. The van der Waals surface area contributed by atoms with Crippen molar-refractivity contribution in [1.82, 2.24) is 9.88 Å². The van der Waals surface area contributed by atoms with Crippen molar-refractivity contribution in [2.24, 2.45) is 0 Å². The van der Waals surface area contributed by atoms with Crippen LogP contribution in [-0.2, 0) is 13.0 Å². The van der Waals surface area contributed by atoms with Gasteiger partial charge in [0, 0.05) is 17.5 Å². The second-order valence-electron chi connectivity index (χ2n) is 5.90. The third kappa shape index (κ3) is 3.37. The molecule has 1 aromatic carbocycles. The van der Waals surface area contributed by atoms with Crippen LogP contribution in [0.2, 0.25) is 0 Å². The monoisotopic (exact) mass is 320 g/mol. The quantitative estimate of drug-likeness (QED) is 0.940. The van der Waals surface area contributed by atoms with Crippen molar-refractivity contribution in [2.75, 3.05) is 6.54 Å². The van der Waals surface area contributed by atoms with E-state index in [1.165, 1.54) is 10.9 Å². The molecule has 1 fully saturated rings. The summed E-state index contributed by atoms with van der Waals surface area (Å²) in [6.07, 6.45) is 1.91. The van der Waals surface area contributed by atoms with Crippen LogP contribution in [0.4, 0.5) is 4.39 Å². The molecule has 0 unspecified atom stereocenters. The van der Waals surface area contributed by atoms with Crippen LogP contribution in [0.25, 0.3) is 0 Å². The number of nitrogens with zero attached hydrogens (tertiary/aromatic N) is 2. The minimum atomic E-state index is -0.401.